The minimum Gasteiger partial charge on any atom is -0.427 e. The molecule has 130 valence electrons. The molecule has 0 spiro atoms. The van der Waals surface area contributed by atoms with Gasteiger partial charge in [-0.05, 0) is 12.5 Å². The molecule has 0 bridgehead atoms. The van der Waals surface area contributed by atoms with Crippen LogP contribution in [0.3, 0.4) is 0 Å². The minimum atomic E-state index is -2.78. The molecule has 4 rings (SSSR count). The van der Waals surface area contributed by atoms with Crippen molar-refractivity contribution in [1.82, 2.24) is 14.6 Å². The van der Waals surface area contributed by atoms with Crippen molar-refractivity contribution in [2.75, 3.05) is 0 Å². The first kappa shape index (κ1) is 16.1. The maximum absolute atomic E-state index is 13.3. The molecule has 2 aromatic rings. The fourth-order valence-corrected chi connectivity index (χ4v) is 3.12. The van der Waals surface area contributed by atoms with E-state index < -0.39 is 17.8 Å². The van der Waals surface area contributed by atoms with Gasteiger partial charge in [-0.1, -0.05) is 11.6 Å². The minimum absolute atomic E-state index is 0.0297. The molecule has 0 amide bonds. The molecule has 1 atom stereocenters. The van der Waals surface area contributed by atoms with Crippen molar-refractivity contribution in [3.8, 4) is 0 Å². The number of aromatic nitrogens is 3. The molecule has 0 aliphatic heterocycles. The molecule has 1 unspecified atom stereocenters. The van der Waals surface area contributed by atoms with Gasteiger partial charge < -0.3 is 4.74 Å². The number of esters is 1. The van der Waals surface area contributed by atoms with Crippen molar-refractivity contribution in [1.29, 1.82) is 0 Å². The van der Waals surface area contributed by atoms with Gasteiger partial charge in [0.15, 0.2) is 11.4 Å². The molecule has 2 aliphatic carbocycles. The molecule has 2 heterocycles. The number of rotatable bonds is 3. The number of hydrogen-bond acceptors (Lipinski definition) is 5. The Kier molecular flexibility index (Phi) is 3.61. The molecule has 0 aromatic carbocycles. The van der Waals surface area contributed by atoms with Crippen molar-refractivity contribution in [3.05, 3.63) is 40.5 Å². The average molecular weight is 368 g/mol. The first-order chi connectivity index (χ1) is 11.9. The normalized spacial score (nSPS) is 22.0. The Morgan fingerprint density at radius 3 is 2.80 bits per heavy atom. The van der Waals surface area contributed by atoms with E-state index in [1.54, 1.807) is 0 Å². The highest BCUT2D eigenvalue weighted by atomic mass is 35.5. The number of allylic oxidation sites excluding steroid dienone is 2. The molecular weight excluding hydrogens is 356 g/mol. The maximum atomic E-state index is 13.3. The van der Waals surface area contributed by atoms with Crippen LogP contribution in [0.25, 0.3) is 5.65 Å². The summed E-state index contributed by atoms with van der Waals surface area (Å²) in [6.45, 7) is 0. The predicted molar refractivity (Wildman–Crippen MR) is 82.7 cm³/mol. The SMILES string of the molecule is O=C1C=C(OC(=O)c2ccn3c(C4CC4(F)F)nnc3c2Cl)CCC1. The van der Waals surface area contributed by atoms with Gasteiger partial charge in [0.1, 0.15) is 16.6 Å². The van der Waals surface area contributed by atoms with Crippen molar-refractivity contribution >= 4 is 29.0 Å². The third-order valence-corrected chi connectivity index (χ3v) is 4.67. The van der Waals surface area contributed by atoms with Crippen molar-refractivity contribution in [2.24, 2.45) is 0 Å². The monoisotopic (exact) mass is 367 g/mol. The van der Waals surface area contributed by atoms with Gasteiger partial charge in [0.2, 0.25) is 0 Å². The predicted octanol–water partition coefficient (Wildman–Crippen LogP) is 3.30. The summed E-state index contributed by atoms with van der Waals surface area (Å²) >= 11 is 6.19. The van der Waals surface area contributed by atoms with Crippen LogP contribution in [-0.2, 0) is 9.53 Å². The Bertz CT molecular complexity index is 938. The van der Waals surface area contributed by atoms with Crippen LogP contribution in [0.5, 0.6) is 0 Å². The number of ether oxygens (including phenoxy) is 1. The molecule has 25 heavy (non-hydrogen) atoms. The fourth-order valence-electron chi connectivity index (χ4n) is 2.85. The highest BCUT2D eigenvalue weighted by molar-refractivity contribution is 6.36. The Morgan fingerprint density at radius 2 is 2.12 bits per heavy atom. The largest absolute Gasteiger partial charge is 0.427 e. The first-order valence-electron chi connectivity index (χ1n) is 7.73. The van der Waals surface area contributed by atoms with Gasteiger partial charge in [0.05, 0.1) is 11.5 Å². The second-order valence-corrected chi connectivity index (χ2v) is 6.51. The summed E-state index contributed by atoms with van der Waals surface area (Å²) in [4.78, 5) is 23.7. The highest BCUT2D eigenvalue weighted by Crippen LogP contribution is 2.55. The van der Waals surface area contributed by atoms with Gasteiger partial charge in [0, 0.05) is 31.5 Å². The summed E-state index contributed by atoms with van der Waals surface area (Å²) in [6.07, 6.45) is 3.98. The summed E-state index contributed by atoms with van der Waals surface area (Å²) < 4.78 is 33.1. The number of carbonyl (C=O) groups is 2. The average Bonchev–Trinajstić information content (AvgIpc) is 2.99. The maximum Gasteiger partial charge on any atom is 0.344 e. The van der Waals surface area contributed by atoms with E-state index in [0.29, 0.717) is 19.3 Å². The molecule has 0 saturated heterocycles. The first-order valence-corrected chi connectivity index (χ1v) is 8.11. The Morgan fingerprint density at radius 1 is 1.36 bits per heavy atom. The van der Waals surface area contributed by atoms with Crippen LogP contribution >= 0.6 is 11.6 Å². The molecule has 2 aromatic heterocycles. The second kappa shape index (κ2) is 5.59. The van der Waals surface area contributed by atoms with Crippen molar-refractivity contribution < 1.29 is 23.1 Å². The van der Waals surface area contributed by atoms with Gasteiger partial charge in [-0.2, -0.15) is 0 Å². The number of carbonyl (C=O) groups excluding carboxylic acids is 2. The zero-order valence-corrected chi connectivity index (χ0v) is 13.6. The molecular formula is C16H12ClF2N3O3. The van der Waals surface area contributed by atoms with Gasteiger partial charge in [-0.25, -0.2) is 13.6 Å². The van der Waals surface area contributed by atoms with Crippen LogP contribution in [0, 0.1) is 0 Å². The number of alkyl halides is 2. The van der Waals surface area contributed by atoms with Crippen LogP contribution in [0.4, 0.5) is 8.78 Å². The van der Waals surface area contributed by atoms with E-state index in [2.05, 4.69) is 10.2 Å². The van der Waals surface area contributed by atoms with E-state index in [0.717, 1.165) is 0 Å². The van der Waals surface area contributed by atoms with Gasteiger partial charge >= 0.3 is 5.97 Å². The fraction of sp³-hybridized carbons (Fsp3) is 0.375. The summed E-state index contributed by atoms with van der Waals surface area (Å²) in [7, 11) is 0. The third-order valence-electron chi connectivity index (χ3n) is 4.29. The van der Waals surface area contributed by atoms with Crippen LogP contribution < -0.4 is 0 Å². The number of fused-ring (bicyclic) bond motifs is 1. The summed E-state index contributed by atoms with van der Waals surface area (Å²) in [5.41, 5.74) is 0.150. The molecule has 9 heteroatoms. The Balaban J connectivity index is 1.64. The highest BCUT2D eigenvalue weighted by Gasteiger charge is 2.60. The van der Waals surface area contributed by atoms with Gasteiger partial charge in [-0.15, -0.1) is 10.2 Å². The second-order valence-electron chi connectivity index (χ2n) is 6.13. The van der Waals surface area contributed by atoms with E-state index in [1.165, 1.54) is 22.7 Å². The van der Waals surface area contributed by atoms with Crippen LogP contribution in [-0.4, -0.2) is 32.3 Å². The third kappa shape index (κ3) is 2.80. The molecule has 0 N–H and O–H groups in total. The van der Waals surface area contributed by atoms with Crippen LogP contribution in [0.15, 0.2) is 24.1 Å². The number of nitrogens with zero attached hydrogens (tertiary/aromatic N) is 3. The van der Waals surface area contributed by atoms with E-state index in [-0.39, 0.29) is 40.0 Å². The van der Waals surface area contributed by atoms with E-state index in [4.69, 9.17) is 16.3 Å². The lowest BCUT2D eigenvalue weighted by Crippen LogP contribution is -2.11. The number of pyridine rings is 1. The smallest absolute Gasteiger partial charge is 0.344 e. The van der Waals surface area contributed by atoms with E-state index >= 15 is 0 Å². The Labute approximate surface area is 145 Å². The van der Waals surface area contributed by atoms with Gasteiger partial charge in [0.25, 0.3) is 5.92 Å². The van der Waals surface area contributed by atoms with Crippen LogP contribution in [0.1, 0.15) is 47.8 Å². The number of hydrogen-bond donors (Lipinski definition) is 0. The Hall–Kier alpha value is -2.35. The lowest BCUT2D eigenvalue weighted by atomic mass is 10.1. The topological polar surface area (TPSA) is 73.6 Å². The van der Waals surface area contributed by atoms with Crippen LogP contribution in [0.2, 0.25) is 5.02 Å². The number of halogens is 3. The zero-order chi connectivity index (χ0) is 17.8. The quantitative estimate of drug-likeness (QED) is 0.778. The zero-order valence-electron chi connectivity index (χ0n) is 12.8. The summed E-state index contributed by atoms with van der Waals surface area (Å²) in [5, 5.41) is 7.57. The summed E-state index contributed by atoms with van der Waals surface area (Å²) in [5.74, 6) is -4.19. The van der Waals surface area contributed by atoms with Crippen molar-refractivity contribution in [3.63, 3.8) is 0 Å². The molecule has 1 saturated carbocycles. The lowest BCUT2D eigenvalue weighted by Gasteiger charge is -2.13. The number of ketones is 1. The molecule has 2 aliphatic rings. The molecule has 6 nitrogen and oxygen atoms in total. The molecule has 1 fully saturated rings. The van der Waals surface area contributed by atoms with E-state index in [1.807, 2.05) is 0 Å². The molecule has 0 radical (unpaired) electrons. The lowest BCUT2D eigenvalue weighted by molar-refractivity contribution is -0.115. The summed E-state index contributed by atoms with van der Waals surface area (Å²) in [6, 6.07) is 1.37. The van der Waals surface area contributed by atoms with E-state index in [9.17, 15) is 18.4 Å². The van der Waals surface area contributed by atoms with Crippen molar-refractivity contribution in [2.45, 2.75) is 37.5 Å². The standard InChI is InChI=1S/C16H12ClF2N3O3/c17-12-10(15(24)25-9-3-1-2-8(23)6-9)4-5-22-13(20-21-14(12)22)11-7-16(11,18)19/h4-6,11H,1-3,7H2. The van der Waals surface area contributed by atoms with Gasteiger partial charge in [-0.3, -0.25) is 9.20 Å².